The van der Waals surface area contributed by atoms with E-state index in [0.717, 1.165) is 25.7 Å². The Bertz CT molecular complexity index is 697. The number of nitrogens with zero attached hydrogens (tertiary/aromatic N) is 2. The summed E-state index contributed by atoms with van der Waals surface area (Å²) in [7, 11) is 1.66. The van der Waals surface area contributed by atoms with Gasteiger partial charge in [0.2, 0.25) is 0 Å². The molecule has 0 spiro atoms. The number of halogens is 2. The normalized spacial score (nSPS) is 19.4. The highest BCUT2D eigenvalue weighted by Gasteiger charge is 2.27. The molecule has 0 radical (unpaired) electrons. The average Bonchev–Trinajstić information content (AvgIpc) is 2.66. The first kappa shape index (κ1) is 23.1. The molecule has 0 heterocycles. The Hall–Kier alpha value is -1.89. The molecule has 1 fully saturated rings. The summed E-state index contributed by atoms with van der Waals surface area (Å²) < 4.78 is 19.0. The van der Waals surface area contributed by atoms with E-state index >= 15 is 0 Å². The van der Waals surface area contributed by atoms with Crippen molar-refractivity contribution in [1.29, 1.82) is 5.26 Å². The van der Waals surface area contributed by atoms with Crippen LogP contribution < -0.4 is 10.6 Å². The van der Waals surface area contributed by atoms with Crippen molar-refractivity contribution in [3.63, 3.8) is 0 Å². The molecule has 0 amide bonds. The van der Waals surface area contributed by atoms with Gasteiger partial charge < -0.3 is 15.4 Å². The van der Waals surface area contributed by atoms with Crippen LogP contribution in [0.15, 0.2) is 23.2 Å². The van der Waals surface area contributed by atoms with Crippen LogP contribution in [0.2, 0.25) is 0 Å². The second-order valence-corrected chi connectivity index (χ2v) is 6.29. The molecule has 0 unspecified atom stereocenters. The molecule has 1 aromatic rings. The molecule has 0 saturated heterocycles. The second kappa shape index (κ2) is 11.7. The Balaban J connectivity index is 0.00000364. The minimum Gasteiger partial charge on any atom is -0.466 e. The first-order chi connectivity index (χ1) is 12.6. The van der Waals surface area contributed by atoms with Gasteiger partial charge in [0.05, 0.1) is 24.2 Å². The smallest absolute Gasteiger partial charge is 0.308 e. The standard InChI is InChI=1S/C19H25FN4O2.HI/c1-3-26-18(25)14-6-8-16(9-7-14)24-19(22-2)23-12-15-5-4-13(11-21)10-17(15)20;/h4-5,10,14,16H,3,6-9,12H2,1-2H3,(H2,22,23,24);1H. The molecule has 1 aromatic carbocycles. The van der Waals surface area contributed by atoms with Gasteiger partial charge in [0.25, 0.3) is 0 Å². The number of nitriles is 1. The maximum Gasteiger partial charge on any atom is 0.308 e. The van der Waals surface area contributed by atoms with Gasteiger partial charge >= 0.3 is 5.97 Å². The lowest BCUT2D eigenvalue weighted by molar-refractivity contribution is -0.149. The van der Waals surface area contributed by atoms with Gasteiger partial charge in [-0.05, 0) is 44.7 Å². The fourth-order valence-electron chi connectivity index (χ4n) is 3.06. The van der Waals surface area contributed by atoms with E-state index in [2.05, 4.69) is 15.6 Å². The molecule has 0 aromatic heterocycles. The van der Waals surface area contributed by atoms with E-state index < -0.39 is 5.82 Å². The van der Waals surface area contributed by atoms with E-state index in [-0.39, 0.29) is 48.5 Å². The van der Waals surface area contributed by atoms with E-state index in [1.807, 2.05) is 13.0 Å². The number of hydrogen-bond acceptors (Lipinski definition) is 4. The average molecular weight is 488 g/mol. The number of ether oxygens (including phenoxy) is 1. The summed E-state index contributed by atoms with van der Waals surface area (Å²) in [5.41, 5.74) is 0.769. The molecule has 6 nitrogen and oxygen atoms in total. The predicted octanol–water partition coefficient (Wildman–Crippen LogP) is 3.10. The quantitative estimate of drug-likeness (QED) is 0.288. The number of aliphatic imine (C=N–C) groups is 1. The molecule has 0 bridgehead atoms. The Morgan fingerprint density at radius 2 is 2.07 bits per heavy atom. The monoisotopic (exact) mass is 488 g/mol. The summed E-state index contributed by atoms with van der Waals surface area (Å²) in [5.74, 6) is 0.0516. The lowest BCUT2D eigenvalue weighted by Crippen LogP contribution is -2.45. The zero-order chi connectivity index (χ0) is 18.9. The van der Waals surface area contributed by atoms with Crippen LogP contribution in [-0.4, -0.2) is 31.6 Å². The molecule has 148 valence electrons. The molecule has 2 N–H and O–H groups in total. The largest absolute Gasteiger partial charge is 0.466 e. The third-order valence-corrected chi connectivity index (χ3v) is 4.54. The van der Waals surface area contributed by atoms with Crippen LogP contribution in [-0.2, 0) is 16.1 Å². The third-order valence-electron chi connectivity index (χ3n) is 4.54. The second-order valence-electron chi connectivity index (χ2n) is 6.29. The minimum atomic E-state index is -0.415. The fraction of sp³-hybridized carbons (Fsp3) is 0.526. The Kier molecular flexibility index (Phi) is 10.1. The van der Waals surface area contributed by atoms with Gasteiger partial charge in [-0.15, -0.1) is 24.0 Å². The summed E-state index contributed by atoms with van der Waals surface area (Å²) in [6.07, 6.45) is 3.29. The van der Waals surface area contributed by atoms with Gasteiger partial charge in [-0.1, -0.05) is 6.07 Å². The highest BCUT2D eigenvalue weighted by molar-refractivity contribution is 14.0. The van der Waals surface area contributed by atoms with Crippen molar-refractivity contribution >= 4 is 35.9 Å². The number of hydrogen-bond donors (Lipinski definition) is 2. The Labute approximate surface area is 176 Å². The molecular weight excluding hydrogens is 462 g/mol. The molecule has 1 aliphatic carbocycles. The van der Waals surface area contributed by atoms with Gasteiger partial charge in [0.1, 0.15) is 5.82 Å². The minimum absolute atomic E-state index is 0. The summed E-state index contributed by atoms with van der Waals surface area (Å²) in [4.78, 5) is 16.0. The molecule has 1 aliphatic rings. The number of carbonyl (C=O) groups is 1. The van der Waals surface area contributed by atoms with Gasteiger partial charge in [-0.25, -0.2) is 4.39 Å². The first-order valence-electron chi connectivity index (χ1n) is 8.89. The van der Waals surface area contributed by atoms with Crippen LogP contribution in [0.25, 0.3) is 0 Å². The van der Waals surface area contributed by atoms with Crippen molar-refractivity contribution in [2.24, 2.45) is 10.9 Å². The van der Waals surface area contributed by atoms with E-state index in [1.165, 1.54) is 6.07 Å². The van der Waals surface area contributed by atoms with Crippen LogP contribution in [0, 0.1) is 23.1 Å². The topological polar surface area (TPSA) is 86.5 Å². The van der Waals surface area contributed by atoms with Gasteiger partial charge in [-0.3, -0.25) is 9.79 Å². The molecule has 0 atom stereocenters. The molecule has 1 saturated carbocycles. The summed E-state index contributed by atoms with van der Waals surface area (Å²) in [6, 6.07) is 6.55. The Morgan fingerprint density at radius 1 is 1.37 bits per heavy atom. The molecule has 2 rings (SSSR count). The van der Waals surface area contributed by atoms with E-state index in [9.17, 15) is 9.18 Å². The highest BCUT2D eigenvalue weighted by atomic mass is 127. The fourth-order valence-corrected chi connectivity index (χ4v) is 3.06. The van der Waals surface area contributed by atoms with Crippen LogP contribution >= 0.6 is 24.0 Å². The van der Waals surface area contributed by atoms with Crippen molar-refractivity contribution in [1.82, 2.24) is 10.6 Å². The van der Waals surface area contributed by atoms with Crippen molar-refractivity contribution in [2.45, 2.75) is 45.2 Å². The van der Waals surface area contributed by atoms with Gasteiger partial charge in [-0.2, -0.15) is 5.26 Å². The molecule has 8 heteroatoms. The first-order valence-corrected chi connectivity index (χ1v) is 8.89. The highest BCUT2D eigenvalue weighted by Crippen LogP contribution is 2.25. The van der Waals surface area contributed by atoms with E-state index in [4.69, 9.17) is 10.00 Å². The maximum atomic E-state index is 13.9. The number of rotatable bonds is 5. The van der Waals surface area contributed by atoms with Crippen molar-refractivity contribution < 1.29 is 13.9 Å². The molecular formula is C19H26FIN4O2. The van der Waals surface area contributed by atoms with E-state index in [0.29, 0.717) is 23.7 Å². The van der Waals surface area contributed by atoms with Gasteiger partial charge in [0, 0.05) is 25.2 Å². The van der Waals surface area contributed by atoms with Crippen LogP contribution in [0.5, 0.6) is 0 Å². The van der Waals surface area contributed by atoms with Crippen molar-refractivity contribution in [3.8, 4) is 6.07 Å². The third kappa shape index (κ3) is 6.97. The lowest BCUT2D eigenvalue weighted by Gasteiger charge is -2.29. The van der Waals surface area contributed by atoms with Crippen LogP contribution in [0.4, 0.5) is 4.39 Å². The summed E-state index contributed by atoms with van der Waals surface area (Å²) in [6.45, 7) is 2.51. The lowest BCUT2D eigenvalue weighted by atomic mass is 9.86. The SMILES string of the molecule is CCOC(=O)C1CCC(NC(=NC)NCc2ccc(C#N)cc2F)CC1.I. The van der Waals surface area contributed by atoms with Crippen LogP contribution in [0.1, 0.15) is 43.7 Å². The summed E-state index contributed by atoms with van der Waals surface area (Å²) >= 11 is 0. The van der Waals surface area contributed by atoms with Crippen molar-refractivity contribution in [2.75, 3.05) is 13.7 Å². The molecule has 0 aliphatic heterocycles. The number of guanidine groups is 1. The zero-order valence-corrected chi connectivity index (χ0v) is 18.0. The Morgan fingerprint density at radius 3 is 2.63 bits per heavy atom. The van der Waals surface area contributed by atoms with Crippen molar-refractivity contribution in [3.05, 3.63) is 35.1 Å². The maximum absolute atomic E-state index is 13.9. The number of benzene rings is 1. The van der Waals surface area contributed by atoms with Gasteiger partial charge in [0.15, 0.2) is 5.96 Å². The van der Waals surface area contributed by atoms with E-state index in [1.54, 1.807) is 19.2 Å². The van der Waals surface area contributed by atoms with Crippen LogP contribution in [0.3, 0.4) is 0 Å². The predicted molar refractivity (Wildman–Crippen MR) is 112 cm³/mol. The number of carbonyl (C=O) groups excluding carboxylic acids is 1. The molecule has 27 heavy (non-hydrogen) atoms. The zero-order valence-electron chi connectivity index (χ0n) is 15.6. The summed E-state index contributed by atoms with van der Waals surface area (Å²) in [5, 5.41) is 15.2. The number of nitrogens with one attached hydrogen (secondary N) is 2. The number of esters is 1.